The van der Waals surface area contributed by atoms with E-state index in [-0.39, 0.29) is 9.92 Å². The normalized spacial score (nSPS) is 13.9. The van der Waals surface area contributed by atoms with Crippen LogP contribution in [0.3, 0.4) is 0 Å². The van der Waals surface area contributed by atoms with Crippen LogP contribution in [0.25, 0.3) is 21.7 Å². The summed E-state index contributed by atoms with van der Waals surface area (Å²) in [4.78, 5) is 2.29. The summed E-state index contributed by atoms with van der Waals surface area (Å²) in [6.45, 7) is 1.70. The quantitative estimate of drug-likeness (QED) is 0.518. The van der Waals surface area contributed by atoms with Crippen molar-refractivity contribution in [2.24, 2.45) is 0 Å². The average molecular weight is 407 g/mol. The average Bonchev–Trinajstić information content (AvgIpc) is 3.08. The van der Waals surface area contributed by atoms with E-state index in [0.717, 1.165) is 21.9 Å². The maximum Gasteiger partial charge on any atom is 0.226 e. The Morgan fingerprint density at radius 3 is 2.66 bits per heavy atom. The third-order valence-electron chi connectivity index (χ3n) is 5.18. The molecule has 0 N–H and O–H groups in total. The van der Waals surface area contributed by atoms with E-state index in [0.29, 0.717) is 30.8 Å². The molecule has 1 aliphatic rings. The topological polar surface area (TPSA) is 64.4 Å². The van der Waals surface area contributed by atoms with Crippen LogP contribution in [0.15, 0.2) is 64.5 Å². The number of sulfone groups is 1. The maximum absolute atomic E-state index is 13.6. The van der Waals surface area contributed by atoms with Crippen LogP contribution in [-0.2, 0) is 22.9 Å². The highest BCUT2D eigenvalue weighted by Gasteiger charge is 2.29. The van der Waals surface area contributed by atoms with Crippen molar-refractivity contribution < 1.29 is 13.2 Å². The third-order valence-corrected chi connectivity index (χ3v) is 6.87. The van der Waals surface area contributed by atoms with Gasteiger partial charge in [0.15, 0.2) is 5.03 Å². The number of hydrogen-bond acceptors (Lipinski definition) is 5. The van der Waals surface area contributed by atoms with Crippen LogP contribution >= 0.6 is 0 Å². The number of rotatable bonds is 4. The summed E-state index contributed by atoms with van der Waals surface area (Å²) in [7, 11) is 0.176. The summed E-state index contributed by atoms with van der Waals surface area (Å²) in [5.74, 6) is 0.693. The summed E-state index contributed by atoms with van der Waals surface area (Å²) in [5, 5.41) is 7.11. The van der Waals surface area contributed by atoms with Crippen LogP contribution in [0.4, 0.5) is 0 Å². The Morgan fingerprint density at radius 2 is 1.86 bits per heavy atom. The van der Waals surface area contributed by atoms with Gasteiger partial charge in [0.1, 0.15) is 17.9 Å². The van der Waals surface area contributed by atoms with Crippen LogP contribution in [-0.4, -0.2) is 43.8 Å². The van der Waals surface area contributed by atoms with E-state index in [4.69, 9.17) is 4.74 Å². The number of benzene rings is 3. The van der Waals surface area contributed by atoms with Gasteiger partial charge in [-0.25, -0.2) is 8.42 Å². The first-order valence-corrected chi connectivity index (χ1v) is 11.0. The molecule has 29 heavy (non-hydrogen) atoms. The summed E-state index contributed by atoms with van der Waals surface area (Å²) in [5.41, 5.74) is 1.74. The van der Waals surface area contributed by atoms with Gasteiger partial charge in [-0.3, -0.25) is 4.68 Å². The Hall–Kier alpha value is -2.90. The van der Waals surface area contributed by atoms with Crippen LogP contribution in [0.1, 0.15) is 5.56 Å². The SMILES string of the molecule is CN(C)Cc1cc2c3c(c1)c(S(=O)(=O)c1ccc4ccccc4c1)nn3CCO2. The molecule has 0 fully saturated rings. The molecule has 0 amide bonds. The predicted octanol–water partition coefficient (Wildman–Crippen LogP) is 3.48. The second kappa shape index (κ2) is 6.57. The van der Waals surface area contributed by atoms with Gasteiger partial charge in [0, 0.05) is 11.9 Å². The minimum absolute atomic E-state index is 0.0927. The Bertz CT molecular complexity index is 1360. The Balaban J connectivity index is 1.73. The first-order chi connectivity index (χ1) is 13.9. The predicted molar refractivity (Wildman–Crippen MR) is 112 cm³/mol. The van der Waals surface area contributed by atoms with Gasteiger partial charge in [0.2, 0.25) is 9.84 Å². The van der Waals surface area contributed by atoms with Crippen molar-refractivity contribution in [3.8, 4) is 5.75 Å². The molecule has 0 atom stereocenters. The smallest absolute Gasteiger partial charge is 0.226 e. The number of nitrogens with zero attached hydrogens (tertiary/aromatic N) is 3. The zero-order valence-electron chi connectivity index (χ0n) is 16.3. The van der Waals surface area contributed by atoms with E-state index in [1.807, 2.05) is 61.5 Å². The van der Waals surface area contributed by atoms with Crippen molar-refractivity contribution in [1.82, 2.24) is 14.7 Å². The molecule has 0 radical (unpaired) electrons. The second-order valence-corrected chi connectivity index (χ2v) is 9.48. The van der Waals surface area contributed by atoms with E-state index in [9.17, 15) is 8.42 Å². The molecule has 148 valence electrons. The molecule has 1 aliphatic heterocycles. The van der Waals surface area contributed by atoms with E-state index in [1.165, 1.54) is 0 Å². The van der Waals surface area contributed by atoms with E-state index in [2.05, 4.69) is 5.10 Å². The van der Waals surface area contributed by atoms with Gasteiger partial charge in [-0.2, -0.15) is 5.10 Å². The molecule has 0 saturated heterocycles. The molecule has 0 bridgehead atoms. The van der Waals surface area contributed by atoms with Gasteiger partial charge in [-0.05, 0) is 54.7 Å². The minimum Gasteiger partial charge on any atom is -0.489 e. The van der Waals surface area contributed by atoms with E-state index >= 15 is 0 Å². The molecule has 0 spiro atoms. The molecule has 0 saturated carbocycles. The number of hydrogen-bond donors (Lipinski definition) is 0. The van der Waals surface area contributed by atoms with Crippen molar-refractivity contribution in [1.29, 1.82) is 0 Å². The van der Waals surface area contributed by atoms with Crippen molar-refractivity contribution in [3.63, 3.8) is 0 Å². The highest BCUT2D eigenvalue weighted by molar-refractivity contribution is 7.91. The summed E-state index contributed by atoms with van der Waals surface area (Å²) in [6.07, 6.45) is 0. The lowest BCUT2D eigenvalue weighted by atomic mass is 10.1. The highest BCUT2D eigenvalue weighted by atomic mass is 32.2. The molecule has 6 nitrogen and oxygen atoms in total. The van der Waals surface area contributed by atoms with Crippen LogP contribution in [0, 0.1) is 0 Å². The van der Waals surface area contributed by atoms with Crippen molar-refractivity contribution in [2.75, 3.05) is 20.7 Å². The molecular weight excluding hydrogens is 386 g/mol. The van der Waals surface area contributed by atoms with Crippen LogP contribution in [0.2, 0.25) is 0 Å². The van der Waals surface area contributed by atoms with Gasteiger partial charge in [0.25, 0.3) is 0 Å². The fourth-order valence-corrected chi connectivity index (χ4v) is 5.33. The monoisotopic (exact) mass is 407 g/mol. The van der Waals surface area contributed by atoms with Crippen LogP contribution < -0.4 is 4.74 Å². The molecule has 0 aliphatic carbocycles. The molecule has 7 heteroatoms. The fourth-order valence-electron chi connectivity index (χ4n) is 3.92. The Morgan fingerprint density at radius 1 is 1.07 bits per heavy atom. The maximum atomic E-state index is 13.6. The number of fused-ring (bicyclic) bond motifs is 1. The molecule has 1 aromatic heterocycles. The zero-order valence-corrected chi connectivity index (χ0v) is 17.1. The lowest BCUT2D eigenvalue weighted by molar-refractivity contribution is 0.276. The van der Waals surface area contributed by atoms with Crippen molar-refractivity contribution in [2.45, 2.75) is 23.0 Å². The summed E-state index contributed by atoms with van der Waals surface area (Å²) in [6, 6.07) is 16.8. The third kappa shape index (κ3) is 2.97. The molecule has 0 unspecified atom stereocenters. The first-order valence-electron chi connectivity index (χ1n) is 9.48. The van der Waals surface area contributed by atoms with Crippen molar-refractivity contribution in [3.05, 3.63) is 60.2 Å². The largest absolute Gasteiger partial charge is 0.489 e. The van der Waals surface area contributed by atoms with Gasteiger partial charge >= 0.3 is 0 Å². The number of ether oxygens (including phenoxy) is 1. The van der Waals surface area contributed by atoms with E-state index < -0.39 is 9.84 Å². The summed E-state index contributed by atoms with van der Waals surface area (Å²) >= 11 is 0. The highest BCUT2D eigenvalue weighted by Crippen LogP contribution is 2.36. The van der Waals surface area contributed by atoms with Gasteiger partial charge in [0.05, 0.1) is 11.4 Å². The Labute approximate surface area is 169 Å². The lowest BCUT2D eigenvalue weighted by Crippen LogP contribution is -2.16. The molecule has 3 aromatic carbocycles. The first kappa shape index (κ1) is 18.1. The molecular formula is C22H21N3O3S. The van der Waals surface area contributed by atoms with Crippen LogP contribution in [0.5, 0.6) is 5.75 Å². The van der Waals surface area contributed by atoms with E-state index in [1.54, 1.807) is 16.8 Å². The lowest BCUT2D eigenvalue weighted by Gasteiger charge is -2.17. The second-order valence-electron chi connectivity index (χ2n) is 7.62. The minimum atomic E-state index is -3.78. The van der Waals surface area contributed by atoms with Gasteiger partial charge < -0.3 is 9.64 Å². The standard InChI is InChI=1S/C22H21N3O3S/c1-24(2)14-15-11-19-21-20(12-15)28-10-9-25(21)23-22(19)29(26,27)18-8-7-16-5-3-4-6-17(16)13-18/h3-8,11-13H,9-10,14H2,1-2H3. The molecule has 2 heterocycles. The van der Waals surface area contributed by atoms with Crippen molar-refractivity contribution >= 4 is 31.5 Å². The Kier molecular flexibility index (Phi) is 4.11. The van der Waals surface area contributed by atoms with Gasteiger partial charge in [-0.15, -0.1) is 0 Å². The number of aromatic nitrogens is 2. The zero-order chi connectivity index (χ0) is 20.2. The molecule has 5 rings (SSSR count). The fraction of sp³-hybridized carbons (Fsp3) is 0.227. The van der Waals surface area contributed by atoms with Gasteiger partial charge in [-0.1, -0.05) is 30.3 Å². The summed E-state index contributed by atoms with van der Waals surface area (Å²) < 4.78 is 34.7. The molecule has 4 aromatic rings.